The highest BCUT2D eigenvalue weighted by Crippen LogP contribution is 2.10. The van der Waals surface area contributed by atoms with Crippen molar-refractivity contribution in [3.8, 4) is 0 Å². The molecule has 0 bridgehead atoms. The maximum Gasteiger partial charge on any atom is 0.253 e. The van der Waals surface area contributed by atoms with Crippen LogP contribution in [-0.4, -0.2) is 24.1 Å². The van der Waals surface area contributed by atoms with E-state index in [1.54, 1.807) is 23.8 Å². The van der Waals surface area contributed by atoms with Gasteiger partial charge in [-0.25, -0.2) is 0 Å². The first-order valence-electron chi connectivity index (χ1n) is 4.76. The second-order valence-corrected chi connectivity index (χ2v) is 4.39. The summed E-state index contributed by atoms with van der Waals surface area (Å²) < 4.78 is 13.1. The number of hydrogen-bond donors (Lipinski definition) is 0. The van der Waals surface area contributed by atoms with Crippen molar-refractivity contribution < 1.29 is 9.47 Å². The predicted octanol–water partition coefficient (Wildman–Crippen LogP) is 1.29. The van der Waals surface area contributed by atoms with E-state index in [1.807, 2.05) is 0 Å². The van der Waals surface area contributed by atoms with Crippen molar-refractivity contribution in [2.24, 2.45) is 0 Å². The fourth-order valence-corrected chi connectivity index (χ4v) is 2.14. The first kappa shape index (κ1) is 10.9. The maximum atomic E-state index is 11.7. The third kappa shape index (κ3) is 2.48. The van der Waals surface area contributed by atoms with Crippen molar-refractivity contribution >= 4 is 15.9 Å². The van der Waals surface area contributed by atoms with Crippen LogP contribution in [0.1, 0.15) is 5.56 Å². The molecule has 0 saturated carbocycles. The summed E-state index contributed by atoms with van der Waals surface area (Å²) in [6.07, 6.45) is 1.46. The molecule has 1 aromatic heterocycles. The normalized spacial score (nSPS) is 17.2. The maximum absolute atomic E-state index is 11.7. The van der Waals surface area contributed by atoms with Crippen molar-refractivity contribution in [1.29, 1.82) is 0 Å². The summed E-state index contributed by atoms with van der Waals surface area (Å²) in [5.74, 6) is 0. The van der Waals surface area contributed by atoms with Gasteiger partial charge in [0.15, 0.2) is 6.29 Å². The Balaban J connectivity index is 2.23. The van der Waals surface area contributed by atoms with Gasteiger partial charge in [-0.05, 0) is 28.9 Å². The van der Waals surface area contributed by atoms with Crippen molar-refractivity contribution in [1.82, 2.24) is 4.57 Å². The van der Waals surface area contributed by atoms with Gasteiger partial charge in [0.2, 0.25) is 0 Å². The first-order valence-corrected chi connectivity index (χ1v) is 5.56. The molecule has 15 heavy (non-hydrogen) atoms. The summed E-state index contributed by atoms with van der Waals surface area (Å²) in [7, 11) is 0. The van der Waals surface area contributed by atoms with Crippen LogP contribution in [0, 0.1) is 6.92 Å². The van der Waals surface area contributed by atoms with Crippen LogP contribution in [0.5, 0.6) is 0 Å². The molecule has 1 aliphatic rings. The lowest BCUT2D eigenvalue weighted by molar-refractivity contribution is -0.0531. The Hall–Kier alpha value is -0.650. The summed E-state index contributed by atoms with van der Waals surface area (Å²) in [5.41, 5.74) is 0.708. The fourth-order valence-electron chi connectivity index (χ4n) is 1.55. The van der Waals surface area contributed by atoms with E-state index in [9.17, 15) is 4.79 Å². The SMILES string of the molecule is Cc1cc(Br)cn(CC2OCCO2)c1=O. The first-order chi connectivity index (χ1) is 7.16. The Kier molecular flexibility index (Phi) is 3.23. The third-order valence-corrected chi connectivity index (χ3v) is 2.70. The minimum Gasteiger partial charge on any atom is -0.348 e. The molecule has 82 valence electrons. The third-order valence-electron chi connectivity index (χ3n) is 2.27. The van der Waals surface area contributed by atoms with E-state index in [2.05, 4.69) is 15.9 Å². The van der Waals surface area contributed by atoms with Gasteiger partial charge >= 0.3 is 0 Å². The highest BCUT2D eigenvalue weighted by molar-refractivity contribution is 9.10. The largest absolute Gasteiger partial charge is 0.348 e. The predicted molar refractivity (Wildman–Crippen MR) is 58.8 cm³/mol. The van der Waals surface area contributed by atoms with Gasteiger partial charge in [-0.15, -0.1) is 0 Å². The molecular formula is C10H12BrNO3. The number of halogens is 1. The molecule has 0 N–H and O–H groups in total. The quantitative estimate of drug-likeness (QED) is 0.816. The zero-order valence-electron chi connectivity index (χ0n) is 8.40. The molecular weight excluding hydrogens is 262 g/mol. The molecule has 0 radical (unpaired) electrons. The summed E-state index contributed by atoms with van der Waals surface area (Å²) in [5, 5.41) is 0. The van der Waals surface area contributed by atoms with E-state index in [0.29, 0.717) is 25.3 Å². The van der Waals surface area contributed by atoms with Crippen LogP contribution in [0.25, 0.3) is 0 Å². The van der Waals surface area contributed by atoms with Gasteiger partial charge in [0.1, 0.15) is 0 Å². The van der Waals surface area contributed by atoms with E-state index in [1.165, 1.54) is 0 Å². The van der Waals surface area contributed by atoms with Gasteiger partial charge in [0.05, 0.1) is 19.8 Å². The van der Waals surface area contributed by atoms with Crippen LogP contribution in [0.2, 0.25) is 0 Å². The van der Waals surface area contributed by atoms with Gasteiger partial charge in [-0.1, -0.05) is 0 Å². The molecule has 0 atom stereocenters. The van der Waals surface area contributed by atoms with E-state index < -0.39 is 0 Å². The van der Waals surface area contributed by atoms with Gasteiger partial charge in [0.25, 0.3) is 5.56 Å². The number of rotatable bonds is 2. The molecule has 0 aromatic carbocycles. The lowest BCUT2D eigenvalue weighted by Crippen LogP contribution is -2.28. The van der Waals surface area contributed by atoms with Gasteiger partial charge in [-0.3, -0.25) is 4.79 Å². The highest BCUT2D eigenvalue weighted by atomic mass is 79.9. The zero-order chi connectivity index (χ0) is 10.8. The Morgan fingerprint density at radius 1 is 1.53 bits per heavy atom. The Labute approximate surface area is 95.9 Å². The minimum atomic E-state index is -0.295. The second-order valence-electron chi connectivity index (χ2n) is 3.47. The van der Waals surface area contributed by atoms with Crippen LogP contribution < -0.4 is 5.56 Å². The Morgan fingerprint density at radius 2 is 2.20 bits per heavy atom. The number of pyridine rings is 1. The monoisotopic (exact) mass is 273 g/mol. The molecule has 2 heterocycles. The molecule has 0 spiro atoms. The van der Waals surface area contributed by atoms with Gasteiger partial charge < -0.3 is 14.0 Å². The number of nitrogens with zero attached hydrogens (tertiary/aromatic N) is 1. The Morgan fingerprint density at radius 3 is 2.87 bits per heavy atom. The van der Waals surface area contributed by atoms with Crippen LogP contribution in [-0.2, 0) is 16.0 Å². The average molecular weight is 274 g/mol. The van der Waals surface area contributed by atoms with Crippen molar-refractivity contribution in [2.45, 2.75) is 19.8 Å². The molecule has 2 rings (SSSR count). The Bertz CT molecular complexity index is 410. The van der Waals surface area contributed by atoms with Crippen LogP contribution >= 0.6 is 15.9 Å². The molecule has 5 heteroatoms. The lowest BCUT2D eigenvalue weighted by Gasteiger charge is -2.12. The number of hydrogen-bond acceptors (Lipinski definition) is 3. The number of aryl methyl sites for hydroxylation is 1. The van der Waals surface area contributed by atoms with E-state index >= 15 is 0 Å². The van der Waals surface area contributed by atoms with Crippen LogP contribution in [0.3, 0.4) is 0 Å². The number of ether oxygens (including phenoxy) is 2. The second kappa shape index (κ2) is 4.47. The highest BCUT2D eigenvalue weighted by Gasteiger charge is 2.17. The molecule has 0 aliphatic carbocycles. The molecule has 0 amide bonds. The van der Waals surface area contributed by atoms with E-state index in [4.69, 9.17) is 9.47 Å². The van der Waals surface area contributed by atoms with Gasteiger partial charge in [-0.2, -0.15) is 0 Å². The topological polar surface area (TPSA) is 40.5 Å². The molecule has 1 aromatic rings. The van der Waals surface area contributed by atoms with Crippen LogP contribution in [0.15, 0.2) is 21.5 Å². The molecule has 1 aliphatic heterocycles. The summed E-state index contributed by atoms with van der Waals surface area (Å²) in [4.78, 5) is 11.7. The molecule has 4 nitrogen and oxygen atoms in total. The van der Waals surface area contributed by atoms with Crippen LogP contribution in [0.4, 0.5) is 0 Å². The van der Waals surface area contributed by atoms with E-state index in [-0.39, 0.29) is 11.8 Å². The van der Waals surface area contributed by atoms with Crippen molar-refractivity contribution in [2.75, 3.05) is 13.2 Å². The number of aromatic nitrogens is 1. The molecule has 1 fully saturated rings. The molecule has 0 unspecified atom stereocenters. The smallest absolute Gasteiger partial charge is 0.253 e. The van der Waals surface area contributed by atoms with Gasteiger partial charge in [0, 0.05) is 16.2 Å². The summed E-state index contributed by atoms with van der Waals surface area (Å²) >= 11 is 3.36. The van der Waals surface area contributed by atoms with Crippen molar-refractivity contribution in [3.63, 3.8) is 0 Å². The molecule has 1 saturated heterocycles. The summed E-state index contributed by atoms with van der Waals surface area (Å²) in [6.45, 7) is 3.44. The van der Waals surface area contributed by atoms with Crippen molar-refractivity contribution in [3.05, 3.63) is 32.7 Å². The summed E-state index contributed by atoms with van der Waals surface area (Å²) in [6, 6.07) is 1.80. The zero-order valence-corrected chi connectivity index (χ0v) is 9.99. The fraction of sp³-hybridized carbons (Fsp3) is 0.500. The van der Waals surface area contributed by atoms with E-state index in [0.717, 1.165) is 4.47 Å². The standard InChI is InChI=1S/C10H12BrNO3/c1-7-4-8(11)5-12(10(7)13)6-9-14-2-3-15-9/h4-5,9H,2-3,6H2,1H3. The average Bonchev–Trinajstić information content (AvgIpc) is 2.66. The minimum absolute atomic E-state index is 0.00250. The lowest BCUT2D eigenvalue weighted by atomic mass is 10.3.